The van der Waals surface area contributed by atoms with E-state index in [1.807, 2.05) is 0 Å². The molecular formula is C18H33NO2. The first-order valence-electron chi connectivity index (χ1n) is 8.83. The number of ether oxygens (including phenoxy) is 1. The van der Waals surface area contributed by atoms with Crippen LogP contribution in [0.15, 0.2) is 0 Å². The van der Waals surface area contributed by atoms with E-state index in [-0.39, 0.29) is 11.5 Å². The molecule has 1 saturated heterocycles. The Balaban J connectivity index is 1.62. The molecule has 0 radical (unpaired) electrons. The zero-order valence-electron chi connectivity index (χ0n) is 14.3. The Labute approximate surface area is 130 Å². The van der Waals surface area contributed by atoms with Crippen LogP contribution in [-0.2, 0) is 4.74 Å². The summed E-state index contributed by atoms with van der Waals surface area (Å²) in [6.45, 7) is 10.3. The van der Waals surface area contributed by atoms with Crippen LogP contribution in [-0.4, -0.2) is 49.0 Å². The van der Waals surface area contributed by atoms with E-state index in [0.717, 1.165) is 19.6 Å². The molecule has 1 aliphatic heterocycles. The normalized spacial score (nSPS) is 45.6. The van der Waals surface area contributed by atoms with Gasteiger partial charge in [-0.15, -0.1) is 0 Å². The molecule has 2 saturated carbocycles. The first-order chi connectivity index (χ1) is 9.91. The molecule has 1 N–H and O–H groups in total. The Hall–Kier alpha value is -0.120. The van der Waals surface area contributed by atoms with E-state index >= 15 is 0 Å². The predicted octanol–water partition coefficient (Wildman–Crippen LogP) is 2.92. The van der Waals surface area contributed by atoms with Crippen molar-refractivity contribution in [2.24, 2.45) is 22.7 Å². The zero-order valence-corrected chi connectivity index (χ0v) is 14.3. The van der Waals surface area contributed by atoms with Crippen LogP contribution in [0.5, 0.6) is 0 Å². The molecule has 1 heterocycles. The average Bonchev–Trinajstić information content (AvgIpc) is 3.00. The number of aliphatic hydroxyl groups is 1. The first kappa shape index (κ1) is 15.8. The van der Waals surface area contributed by atoms with Crippen LogP contribution in [0.2, 0.25) is 0 Å². The number of methoxy groups -OCH3 is 1. The molecule has 0 amide bonds. The molecule has 0 spiro atoms. The van der Waals surface area contributed by atoms with Gasteiger partial charge in [0.05, 0.1) is 12.7 Å². The molecular weight excluding hydrogens is 262 g/mol. The van der Waals surface area contributed by atoms with Gasteiger partial charge < -0.3 is 9.84 Å². The van der Waals surface area contributed by atoms with Gasteiger partial charge in [-0.2, -0.15) is 0 Å². The van der Waals surface area contributed by atoms with E-state index in [1.54, 1.807) is 7.11 Å². The Morgan fingerprint density at radius 3 is 2.62 bits per heavy atom. The van der Waals surface area contributed by atoms with E-state index in [2.05, 4.69) is 25.7 Å². The standard InChI is InChI=1S/C18H33NO2/c1-17(2)15-7-9-18(17,3)16(20)14(15)8-11-19-10-5-6-13(19)12-21-4/h13-16,20H,5-12H2,1-4H3/t13-,14+,15+,16+,18-/m0/s1. The Bertz CT molecular complexity index is 383. The lowest BCUT2D eigenvalue weighted by Gasteiger charge is -2.37. The topological polar surface area (TPSA) is 32.7 Å². The molecule has 3 fully saturated rings. The molecule has 3 heteroatoms. The number of rotatable bonds is 5. The highest BCUT2D eigenvalue weighted by Crippen LogP contribution is 2.68. The van der Waals surface area contributed by atoms with E-state index in [1.165, 1.54) is 32.2 Å². The molecule has 3 rings (SSSR count). The van der Waals surface area contributed by atoms with Gasteiger partial charge in [-0.05, 0) is 67.9 Å². The zero-order chi connectivity index (χ0) is 15.3. The first-order valence-corrected chi connectivity index (χ1v) is 8.83. The van der Waals surface area contributed by atoms with Crippen molar-refractivity contribution >= 4 is 0 Å². The number of fused-ring (bicyclic) bond motifs is 2. The summed E-state index contributed by atoms with van der Waals surface area (Å²) in [7, 11) is 1.81. The molecule has 3 aliphatic rings. The van der Waals surface area contributed by atoms with Crippen LogP contribution >= 0.6 is 0 Å². The minimum Gasteiger partial charge on any atom is -0.392 e. The maximum atomic E-state index is 10.9. The molecule has 5 atom stereocenters. The van der Waals surface area contributed by atoms with Crippen molar-refractivity contribution in [1.29, 1.82) is 0 Å². The summed E-state index contributed by atoms with van der Waals surface area (Å²) in [5.74, 6) is 1.21. The molecule has 21 heavy (non-hydrogen) atoms. The lowest BCUT2D eigenvalue weighted by Crippen LogP contribution is -2.39. The molecule has 0 unspecified atom stereocenters. The second-order valence-corrected chi connectivity index (χ2v) is 8.47. The molecule has 2 bridgehead atoms. The number of nitrogens with zero attached hydrogens (tertiary/aromatic N) is 1. The van der Waals surface area contributed by atoms with Gasteiger partial charge in [0.15, 0.2) is 0 Å². The fourth-order valence-corrected chi connectivity index (χ4v) is 5.78. The van der Waals surface area contributed by atoms with Crippen LogP contribution in [0, 0.1) is 22.7 Å². The summed E-state index contributed by atoms with van der Waals surface area (Å²) in [4.78, 5) is 2.59. The summed E-state index contributed by atoms with van der Waals surface area (Å²) in [5.41, 5.74) is 0.438. The second kappa shape index (κ2) is 5.50. The van der Waals surface area contributed by atoms with Crippen LogP contribution in [0.25, 0.3) is 0 Å². The lowest BCUT2D eigenvalue weighted by atomic mass is 9.70. The molecule has 122 valence electrons. The van der Waals surface area contributed by atoms with E-state index < -0.39 is 0 Å². The van der Waals surface area contributed by atoms with Crippen molar-refractivity contribution in [1.82, 2.24) is 4.90 Å². The highest BCUT2D eigenvalue weighted by atomic mass is 16.5. The summed E-state index contributed by atoms with van der Waals surface area (Å²) in [6, 6.07) is 0.606. The third kappa shape index (κ3) is 2.27. The van der Waals surface area contributed by atoms with Gasteiger partial charge in [-0.25, -0.2) is 0 Å². The highest BCUT2D eigenvalue weighted by molar-refractivity contribution is 5.14. The van der Waals surface area contributed by atoms with Crippen molar-refractivity contribution < 1.29 is 9.84 Å². The van der Waals surface area contributed by atoms with Crippen LogP contribution in [0.3, 0.4) is 0 Å². The van der Waals surface area contributed by atoms with Crippen molar-refractivity contribution in [2.75, 3.05) is 26.8 Å². The summed E-state index contributed by atoms with van der Waals surface area (Å²) >= 11 is 0. The number of hydrogen-bond acceptors (Lipinski definition) is 3. The van der Waals surface area contributed by atoms with Crippen LogP contribution in [0.1, 0.15) is 52.9 Å². The number of likely N-dealkylation sites (tertiary alicyclic amines) is 1. The van der Waals surface area contributed by atoms with Crippen molar-refractivity contribution in [3.05, 3.63) is 0 Å². The smallest absolute Gasteiger partial charge is 0.0630 e. The minimum atomic E-state index is -0.102. The minimum absolute atomic E-state index is 0.102. The Morgan fingerprint density at radius 1 is 1.24 bits per heavy atom. The maximum Gasteiger partial charge on any atom is 0.0630 e. The summed E-state index contributed by atoms with van der Waals surface area (Å²) in [5, 5.41) is 10.9. The summed E-state index contributed by atoms with van der Waals surface area (Å²) < 4.78 is 5.36. The monoisotopic (exact) mass is 295 g/mol. The summed E-state index contributed by atoms with van der Waals surface area (Å²) in [6.07, 6.45) is 6.15. The van der Waals surface area contributed by atoms with E-state index in [9.17, 15) is 5.11 Å². The molecule has 0 aromatic heterocycles. The number of hydrogen-bond donors (Lipinski definition) is 1. The molecule has 0 aromatic rings. The van der Waals surface area contributed by atoms with Gasteiger partial charge in [-0.1, -0.05) is 20.8 Å². The van der Waals surface area contributed by atoms with Crippen molar-refractivity contribution in [3.8, 4) is 0 Å². The lowest BCUT2D eigenvalue weighted by molar-refractivity contribution is -0.0149. The largest absolute Gasteiger partial charge is 0.392 e. The molecule has 3 nitrogen and oxygen atoms in total. The Morgan fingerprint density at radius 2 is 2.00 bits per heavy atom. The van der Waals surface area contributed by atoms with E-state index in [4.69, 9.17) is 4.74 Å². The fraction of sp³-hybridized carbons (Fsp3) is 1.00. The van der Waals surface area contributed by atoms with Crippen LogP contribution in [0.4, 0.5) is 0 Å². The predicted molar refractivity (Wildman–Crippen MR) is 85.2 cm³/mol. The molecule has 0 aromatic carbocycles. The van der Waals surface area contributed by atoms with Gasteiger partial charge >= 0.3 is 0 Å². The highest BCUT2D eigenvalue weighted by Gasteiger charge is 2.65. The quantitative estimate of drug-likeness (QED) is 0.846. The van der Waals surface area contributed by atoms with Gasteiger partial charge in [-0.3, -0.25) is 4.90 Å². The van der Waals surface area contributed by atoms with E-state index in [0.29, 0.717) is 23.3 Å². The van der Waals surface area contributed by atoms with Gasteiger partial charge in [0.1, 0.15) is 0 Å². The van der Waals surface area contributed by atoms with Crippen molar-refractivity contribution in [3.63, 3.8) is 0 Å². The SMILES string of the molecule is COC[C@@H]1CCCN1CC[C@@H]1[C@H]2CC[C@@](C)([C@@H]1O)C2(C)C. The third-order valence-electron chi connectivity index (χ3n) is 7.56. The second-order valence-electron chi connectivity index (χ2n) is 8.47. The van der Waals surface area contributed by atoms with Gasteiger partial charge in [0, 0.05) is 13.2 Å². The third-order valence-corrected chi connectivity index (χ3v) is 7.56. The Kier molecular flexibility index (Phi) is 4.13. The van der Waals surface area contributed by atoms with Gasteiger partial charge in [0.2, 0.25) is 0 Å². The fourth-order valence-electron chi connectivity index (χ4n) is 5.78. The van der Waals surface area contributed by atoms with Crippen molar-refractivity contribution in [2.45, 2.75) is 65.0 Å². The van der Waals surface area contributed by atoms with Crippen LogP contribution < -0.4 is 0 Å². The number of aliphatic hydroxyl groups excluding tert-OH is 1. The maximum absolute atomic E-state index is 10.9. The molecule has 2 aliphatic carbocycles. The average molecular weight is 295 g/mol. The van der Waals surface area contributed by atoms with Gasteiger partial charge in [0.25, 0.3) is 0 Å².